The van der Waals surface area contributed by atoms with E-state index in [-0.39, 0.29) is 11.7 Å². The summed E-state index contributed by atoms with van der Waals surface area (Å²) in [6, 6.07) is 14.3. The van der Waals surface area contributed by atoms with Crippen molar-refractivity contribution in [2.75, 3.05) is 37.7 Å². The van der Waals surface area contributed by atoms with Gasteiger partial charge in [-0.15, -0.1) is 0 Å². The van der Waals surface area contributed by atoms with Crippen molar-refractivity contribution in [3.8, 4) is 27.6 Å². The Hall–Kier alpha value is -3.86. The van der Waals surface area contributed by atoms with Gasteiger partial charge < -0.3 is 19.0 Å². The van der Waals surface area contributed by atoms with E-state index in [1.165, 1.54) is 29.9 Å². The summed E-state index contributed by atoms with van der Waals surface area (Å²) >= 11 is 1.42. The first-order valence-electron chi connectivity index (χ1n) is 11.6. The molecule has 0 spiro atoms. The Bertz CT molecular complexity index is 1370. The van der Waals surface area contributed by atoms with E-state index in [4.69, 9.17) is 14.1 Å². The molecule has 1 aliphatic rings. The minimum atomic E-state index is -4.44. The fourth-order valence-corrected chi connectivity index (χ4v) is 5.31. The maximum Gasteiger partial charge on any atom is 0.422 e. The summed E-state index contributed by atoms with van der Waals surface area (Å²) in [5, 5.41) is 0.752. The molecule has 1 aromatic carbocycles. The number of nitrogens with zero attached hydrogens (tertiary/aromatic N) is 4. The molecule has 1 aliphatic heterocycles. The van der Waals surface area contributed by atoms with Crippen LogP contribution in [0.5, 0.6) is 5.75 Å². The minimum absolute atomic E-state index is 0.126. The number of carbonyl (C=O) groups is 1. The summed E-state index contributed by atoms with van der Waals surface area (Å²) in [6.45, 7) is 2.49. The molecule has 1 amide bonds. The van der Waals surface area contributed by atoms with Gasteiger partial charge in [-0.25, -0.2) is 4.98 Å². The lowest BCUT2D eigenvalue weighted by atomic mass is 10.1. The highest BCUT2D eigenvalue weighted by molar-refractivity contribution is 7.19. The molecule has 0 N–H and O–H groups in total. The number of hydrogen-bond donors (Lipinski definition) is 0. The van der Waals surface area contributed by atoms with Gasteiger partial charge in [-0.2, -0.15) is 13.2 Å². The molecule has 0 saturated carbocycles. The topological polar surface area (TPSA) is 71.7 Å². The van der Waals surface area contributed by atoms with Gasteiger partial charge in [-0.3, -0.25) is 9.78 Å². The Morgan fingerprint density at radius 1 is 1.05 bits per heavy atom. The summed E-state index contributed by atoms with van der Waals surface area (Å²) in [5.41, 5.74) is 2.59. The SMILES string of the molecule is Cc1c(OCC(F)(F)F)ccnc1-c1sc(N2CCN(C(=O)c3ccco3)CC2)nc1-c1ccccc1. The number of furan rings is 1. The molecule has 0 bridgehead atoms. The van der Waals surface area contributed by atoms with Crippen LogP contribution < -0.4 is 9.64 Å². The van der Waals surface area contributed by atoms with E-state index >= 15 is 0 Å². The zero-order valence-electron chi connectivity index (χ0n) is 19.9. The summed E-state index contributed by atoms with van der Waals surface area (Å²) in [5.74, 6) is 0.289. The summed E-state index contributed by atoms with van der Waals surface area (Å²) in [6.07, 6.45) is -1.52. The molecule has 192 valence electrons. The van der Waals surface area contributed by atoms with Gasteiger partial charge in [0.15, 0.2) is 17.5 Å². The third kappa shape index (κ3) is 5.46. The summed E-state index contributed by atoms with van der Waals surface area (Å²) < 4.78 is 48.6. The fraction of sp³-hybridized carbons (Fsp3) is 0.269. The van der Waals surface area contributed by atoms with Gasteiger partial charge in [0, 0.05) is 43.5 Å². The van der Waals surface area contributed by atoms with Crippen LogP contribution in [0, 0.1) is 6.92 Å². The van der Waals surface area contributed by atoms with Crippen LogP contribution in [0.15, 0.2) is 65.4 Å². The Labute approximate surface area is 215 Å². The molecule has 4 aromatic rings. The number of benzene rings is 1. The summed E-state index contributed by atoms with van der Waals surface area (Å²) in [4.78, 5) is 26.6. The largest absolute Gasteiger partial charge is 0.484 e. The van der Waals surface area contributed by atoms with E-state index in [1.54, 1.807) is 24.0 Å². The number of pyridine rings is 1. The number of aromatic nitrogens is 2. The molecule has 0 atom stereocenters. The van der Waals surface area contributed by atoms with Crippen LogP contribution in [0.25, 0.3) is 21.8 Å². The van der Waals surface area contributed by atoms with Crippen molar-refractivity contribution in [3.63, 3.8) is 0 Å². The third-order valence-corrected chi connectivity index (χ3v) is 7.12. The number of amides is 1. The fourth-order valence-electron chi connectivity index (χ4n) is 4.12. The van der Waals surface area contributed by atoms with E-state index in [1.807, 2.05) is 30.3 Å². The first-order chi connectivity index (χ1) is 17.8. The predicted octanol–water partition coefficient (Wildman–Crippen LogP) is 5.68. The number of ether oxygens (including phenoxy) is 1. The van der Waals surface area contributed by atoms with E-state index in [9.17, 15) is 18.0 Å². The number of anilines is 1. The van der Waals surface area contributed by atoms with Gasteiger partial charge in [-0.1, -0.05) is 41.7 Å². The number of alkyl halides is 3. The Morgan fingerprint density at radius 3 is 2.49 bits per heavy atom. The summed E-state index contributed by atoms with van der Waals surface area (Å²) in [7, 11) is 0. The number of carbonyl (C=O) groups excluding carboxylic acids is 1. The molecular weight excluding hydrogens is 505 g/mol. The second-order valence-electron chi connectivity index (χ2n) is 8.48. The lowest BCUT2D eigenvalue weighted by molar-refractivity contribution is -0.153. The van der Waals surface area contributed by atoms with Gasteiger partial charge in [0.25, 0.3) is 5.91 Å². The van der Waals surface area contributed by atoms with Gasteiger partial charge in [-0.05, 0) is 25.1 Å². The van der Waals surface area contributed by atoms with Gasteiger partial charge in [0.1, 0.15) is 5.75 Å². The van der Waals surface area contributed by atoms with E-state index in [2.05, 4.69) is 9.88 Å². The highest BCUT2D eigenvalue weighted by Gasteiger charge is 2.30. The van der Waals surface area contributed by atoms with Gasteiger partial charge >= 0.3 is 6.18 Å². The van der Waals surface area contributed by atoms with Crippen LogP contribution in [-0.4, -0.2) is 59.7 Å². The number of piperazine rings is 1. The van der Waals surface area contributed by atoms with E-state index in [0.29, 0.717) is 48.9 Å². The van der Waals surface area contributed by atoms with Gasteiger partial charge in [0.2, 0.25) is 0 Å². The predicted molar refractivity (Wildman–Crippen MR) is 134 cm³/mol. The Kier molecular flexibility index (Phi) is 6.88. The van der Waals surface area contributed by atoms with Crippen molar-refractivity contribution in [2.45, 2.75) is 13.1 Å². The van der Waals surface area contributed by atoms with Crippen LogP contribution in [0.1, 0.15) is 16.1 Å². The number of hydrogen-bond acceptors (Lipinski definition) is 7. The van der Waals surface area contributed by atoms with Gasteiger partial charge in [0.05, 0.1) is 22.5 Å². The Balaban J connectivity index is 1.44. The van der Waals surface area contributed by atoms with Crippen molar-refractivity contribution >= 4 is 22.4 Å². The molecule has 37 heavy (non-hydrogen) atoms. The molecule has 7 nitrogen and oxygen atoms in total. The quantitative estimate of drug-likeness (QED) is 0.321. The molecular formula is C26H23F3N4O3S. The van der Waals surface area contributed by atoms with Crippen molar-refractivity contribution < 1.29 is 27.1 Å². The normalized spacial score (nSPS) is 14.2. The monoisotopic (exact) mass is 528 g/mol. The maximum atomic E-state index is 12.8. The van der Waals surface area contributed by atoms with Crippen molar-refractivity contribution in [2.24, 2.45) is 0 Å². The number of halogens is 3. The molecule has 4 heterocycles. The molecule has 0 radical (unpaired) electrons. The molecule has 0 unspecified atom stereocenters. The molecule has 1 fully saturated rings. The van der Waals surface area contributed by atoms with Crippen LogP contribution in [0.4, 0.5) is 18.3 Å². The first-order valence-corrected chi connectivity index (χ1v) is 12.4. The molecule has 5 rings (SSSR count). The maximum absolute atomic E-state index is 12.8. The standard InChI is InChI=1S/C26H23F3N4O3S/c1-17-19(36-16-26(27,28)29)9-10-30-21(17)23-22(18-6-3-2-4-7-18)31-25(37-23)33-13-11-32(12-14-33)24(34)20-8-5-15-35-20/h2-10,15H,11-14,16H2,1H3. The van der Waals surface area contributed by atoms with Crippen LogP contribution in [0.2, 0.25) is 0 Å². The average molecular weight is 529 g/mol. The molecule has 3 aromatic heterocycles. The van der Waals surface area contributed by atoms with Crippen LogP contribution >= 0.6 is 11.3 Å². The second-order valence-corrected chi connectivity index (χ2v) is 9.46. The van der Waals surface area contributed by atoms with E-state index in [0.717, 1.165) is 15.6 Å². The molecule has 11 heteroatoms. The average Bonchev–Trinajstić information content (AvgIpc) is 3.59. The minimum Gasteiger partial charge on any atom is -0.484 e. The van der Waals surface area contributed by atoms with Crippen molar-refractivity contribution in [1.29, 1.82) is 0 Å². The second kappa shape index (κ2) is 10.3. The zero-order chi connectivity index (χ0) is 26.0. The number of thiazole rings is 1. The lowest BCUT2D eigenvalue weighted by Crippen LogP contribution is -2.48. The highest BCUT2D eigenvalue weighted by Crippen LogP contribution is 2.42. The third-order valence-electron chi connectivity index (χ3n) is 5.99. The van der Waals surface area contributed by atoms with E-state index < -0.39 is 12.8 Å². The molecule has 0 aliphatic carbocycles. The zero-order valence-corrected chi connectivity index (χ0v) is 20.7. The lowest BCUT2D eigenvalue weighted by Gasteiger charge is -2.34. The molecule has 1 saturated heterocycles. The van der Waals surface area contributed by atoms with Crippen molar-refractivity contribution in [3.05, 3.63) is 72.3 Å². The van der Waals surface area contributed by atoms with Crippen molar-refractivity contribution in [1.82, 2.24) is 14.9 Å². The first kappa shape index (κ1) is 24.8. The Morgan fingerprint density at radius 2 is 1.81 bits per heavy atom. The smallest absolute Gasteiger partial charge is 0.422 e. The highest BCUT2D eigenvalue weighted by atomic mass is 32.1. The number of rotatable bonds is 6. The van der Waals surface area contributed by atoms with Crippen LogP contribution in [-0.2, 0) is 0 Å². The van der Waals surface area contributed by atoms with Crippen LogP contribution in [0.3, 0.4) is 0 Å².